The quantitative estimate of drug-likeness (QED) is 0.758. The maximum atomic E-state index is 12.7. The van der Waals surface area contributed by atoms with E-state index in [0.29, 0.717) is 0 Å². The molecule has 18 heavy (non-hydrogen) atoms. The van der Waals surface area contributed by atoms with E-state index in [2.05, 4.69) is 5.32 Å². The van der Waals surface area contributed by atoms with Crippen molar-refractivity contribution >= 4 is 11.9 Å². The molecule has 3 N–H and O–H groups in total. The Hall–Kier alpha value is -2.11. The molecule has 0 spiro atoms. The van der Waals surface area contributed by atoms with Gasteiger partial charge in [0.2, 0.25) is 0 Å². The van der Waals surface area contributed by atoms with E-state index in [4.69, 9.17) is 5.11 Å². The highest BCUT2D eigenvalue weighted by Crippen LogP contribution is 2.18. The molecule has 0 fully saturated rings. The highest BCUT2D eigenvalue weighted by Gasteiger charge is 2.25. The number of carboxylic acid groups (broad SMARTS) is 1. The van der Waals surface area contributed by atoms with Crippen LogP contribution in [0, 0.1) is 11.7 Å². The number of hydrogen-bond acceptors (Lipinski definition) is 3. The number of benzene rings is 1. The number of hydrogen-bond donors (Lipinski definition) is 3. The molecule has 1 rings (SSSR count). The summed E-state index contributed by atoms with van der Waals surface area (Å²) < 4.78 is 12.7. The Bertz CT molecular complexity index is 473. The van der Waals surface area contributed by atoms with E-state index in [1.165, 1.54) is 0 Å². The zero-order valence-electron chi connectivity index (χ0n) is 9.98. The normalized spacial score (nSPS) is 12.2. The molecule has 0 aliphatic rings. The van der Waals surface area contributed by atoms with Crippen LogP contribution in [0.3, 0.4) is 0 Å². The zero-order chi connectivity index (χ0) is 13.9. The molecule has 98 valence electrons. The second-order valence-corrected chi connectivity index (χ2v) is 4.19. The number of phenolic OH excluding ortho intramolecular Hbond substituents is 1. The molecular weight excluding hydrogens is 241 g/mol. The number of nitrogens with one attached hydrogen (secondary N) is 1. The monoisotopic (exact) mass is 255 g/mol. The second kappa shape index (κ2) is 5.48. The van der Waals surface area contributed by atoms with E-state index in [1.807, 2.05) is 0 Å². The number of halogens is 1. The van der Waals surface area contributed by atoms with Gasteiger partial charge in [-0.05, 0) is 18.1 Å². The van der Waals surface area contributed by atoms with Crippen molar-refractivity contribution < 1.29 is 24.2 Å². The third-order valence-corrected chi connectivity index (χ3v) is 2.42. The molecular formula is C12H14FNO4. The van der Waals surface area contributed by atoms with Gasteiger partial charge in [-0.15, -0.1) is 0 Å². The third kappa shape index (κ3) is 3.19. The molecule has 1 amide bonds. The lowest BCUT2D eigenvalue weighted by Gasteiger charge is -2.18. The Labute approximate surface area is 103 Å². The lowest BCUT2D eigenvalue weighted by molar-refractivity contribution is -0.140. The summed E-state index contributed by atoms with van der Waals surface area (Å²) in [6, 6.07) is 1.83. The first-order valence-electron chi connectivity index (χ1n) is 5.35. The highest BCUT2D eigenvalue weighted by atomic mass is 19.1. The van der Waals surface area contributed by atoms with Crippen LogP contribution < -0.4 is 5.32 Å². The van der Waals surface area contributed by atoms with Gasteiger partial charge in [0.05, 0.1) is 5.56 Å². The standard InChI is InChI=1S/C12H14FNO4/c1-6(2)10(12(17)18)14-11(16)8-4-3-7(13)5-9(8)15/h3-6,10,15H,1-2H3,(H,14,16)(H,17,18)/t10-/m0/s1. The fourth-order valence-electron chi connectivity index (χ4n) is 1.43. The highest BCUT2D eigenvalue weighted by molar-refractivity contribution is 5.98. The predicted molar refractivity (Wildman–Crippen MR) is 61.8 cm³/mol. The van der Waals surface area contributed by atoms with Gasteiger partial charge in [0.25, 0.3) is 5.91 Å². The Morgan fingerprint density at radius 3 is 2.39 bits per heavy atom. The number of phenols is 1. The Balaban J connectivity index is 2.91. The molecule has 0 bridgehead atoms. The van der Waals surface area contributed by atoms with Crippen LogP contribution in [-0.4, -0.2) is 28.1 Å². The van der Waals surface area contributed by atoms with Gasteiger partial charge in [0, 0.05) is 6.07 Å². The van der Waals surface area contributed by atoms with Gasteiger partial charge in [-0.25, -0.2) is 9.18 Å². The van der Waals surface area contributed by atoms with Crippen LogP contribution in [0.5, 0.6) is 5.75 Å². The molecule has 0 saturated carbocycles. The third-order valence-electron chi connectivity index (χ3n) is 2.42. The van der Waals surface area contributed by atoms with Crippen LogP contribution in [-0.2, 0) is 4.79 Å². The molecule has 0 aromatic heterocycles. The summed E-state index contributed by atoms with van der Waals surface area (Å²) in [7, 11) is 0. The number of carbonyl (C=O) groups is 2. The Kier molecular flexibility index (Phi) is 4.25. The van der Waals surface area contributed by atoms with E-state index in [-0.39, 0.29) is 11.5 Å². The molecule has 0 heterocycles. The summed E-state index contributed by atoms with van der Waals surface area (Å²) >= 11 is 0. The van der Waals surface area contributed by atoms with E-state index < -0.39 is 29.5 Å². The van der Waals surface area contributed by atoms with Crippen LogP contribution in [0.2, 0.25) is 0 Å². The number of rotatable bonds is 4. The van der Waals surface area contributed by atoms with Crippen molar-refractivity contribution in [3.05, 3.63) is 29.6 Å². The molecule has 1 aromatic rings. The first-order chi connectivity index (χ1) is 8.32. The van der Waals surface area contributed by atoms with Crippen LogP contribution in [0.15, 0.2) is 18.2 Å². The van der Waals surface area contributed by atoms with Crippen LogP contribution in [0.4, 0.5) is 4.39 Å². The van der Waals surface area contributed by atoms with Crippen LogP contribution >= 0.6 is 0 Å². The van der Waals surface area contributed by atoms with Crippen LogP contribution in [0.25, 0.3) is 0 Å². The minimum absolute atomic E-state index is 0.164. The number of amides is 1. The van der Waals surface area contributed by atoms with Crippen molar-refractivity contribution in [2.45, 2.75) is 19.9 Å². The fraction of sp³-hybridized carbons (Fsp3) is 0.333. The van der Waals surface area contributed by atoms with Gasteiger partial charge in [-0.3, -0.25) is 4.79 Å². The lowest BCUT2D eigenvalue weighted by Crippen LogP contribution is -2.44. The summed E-state index contributed by atoms with van der Waals surface area (Å²) in [6.07, 6.45) is 0. The zero-order valence-corrected chi connectivity index (χ0v) is 9.98. The summed E-state index contributed by atoms with van der Waals surface area (Å²) in [5.41, 5.74) is -0.164. The maximum absolute atomic E-state index is 12.7. The van der Waals surface area contributed by atoms with Gasteiger partial charge in [-0.1, -0.05) is 13.8 Å². The second-order valence-electron chi connectivity index (χ2n) is 4.19. The summed E-state index contributed by atoms with van der Waals surface area (Å²) in [6.45, 7) is 3.28. The SMILES string of the molecule is CC(C)[C@H](NC(=O)c1ccc(F)cc1O)C(=O)O. The predicted octanol–water partition coefficient (Wildman–Crippen LogP) is 1.37. The smallest absolute Gasteiger partial charge is 0.326 e. The molecule has 1 atom stereocenters. The molecule has 6 heteroatoms. The average molecular weight is 255 g/mol. The topological polar surface area (TPSA) is 86.6 Å². The molecule has 0 aliphatic carbocycles. The van der Waals surface area contributed by atoms with Crippen molar-refractivity contribution in [1.29, 1.82) is 0 Å². The molecule has 0 aliphatic heterocycles. The largest absolute Gasteiger partial charge is 0.507 e. The minimum Gasteiger partial charge on any atom is -0.507 e. The number of carboxylic acids is 1. The van der Waals surface area contributed by atoms with E-state index in [1.54, 1.807) is 13.8 Å². The molecule has 0 radical (unpaired) electrons. The van der Waals surface area contributed by atoms with E-state index in [9.17, 15) is 19.1 Å². The van der Waals surface area contributed by atoms with Crippen molar-refractivity contribution in [2.24, 2.45) is 5.92 Å². The molecule has 0 saturated heterocycles. The van der Waals surface area contributed by atoms with Gasteiger partial charge < -0.3 is 15.5 Å². The summed E-state index contributed by atoms with van der Waals surface area (Å²) in [5, 5.41) is 20.6. The average Bonchev–Trinajstić information content (AvgIpc) is 2.24. The molecule has 1 aromatic carbocycles. The summed E-state index contributed by atoms with van der Waals surface area (Å²) in [4.78, 5) is 22.6. The van der Waals surface area contributed by atoms with Crippen molar-refractivity contribution in [3.8, 4) is 5.75 Å². The fourth-order valence-corrected chi connectivity index (χ4v) is 1.43. The van der Waals surface area contributed by atoms with Gasteiger partial charge in [0.15, 0.2) is 0 Å². The lowest BCUT2D eigenvalue weighted by atomic mass is 10.0. The van der Waals surface area contributed by atoms with Crippen molar-refractivity contribution in [2.75, 3.05) is 0 Å². The first kappa shape index (κ1) is 14.0. The Morgan fingerprint density at radius 1 is 1.33 bits per heavy atom. The molecule has 5 nitrogen and oxygen atoms in total. The van der Waals surface area contributed by atoms with Gasteiger partial charge >= 0.3 is 5.97 Å². The van der Waals surface area contributed by atoms with Gasteiger partial charge in [0.1, 0.15) is 17.6 Å². The van der Waals surface area contributed by atoms with Crippen LogP contribution in [0.1, 0.15) is 24.2 Å². The Morgan fingerprint density at radius 2 is 1.94 bits per heavy atom. The maximum Gasteiger partial charge on any atom is 0.326 e. The summed E-state index contributed by atoms with van der Waals surface area (Å²) in [5.74, 6) is -3.44. The van der Waals surface area contributed by atoms with E-state index >= 15 is 0 Å². The number of aliphatic carboxylic acids is 1. The van der Waals surface area contributed by atoms with E-state index in [0.717, 1.165) is 18.2 Å². The molecule has 0 unspecified atom stereocenters. The first-order valence-corrected chi connectivity index (χ1v) is 5.35. The van der Waals surface area contributed by atoms with Crippen molar-refractivity contribution in [3.63, 3.8) is 0 Å². The number of aromatic hydroxyl groups is 1. The minimum atomic E-state index is -1.17. The van der Waals surface area contributed by atoms with Gasteiger partial charge in [-0.2, -0.15) is 0 Å². The number of carbonyl (C=O) groups excluding carboxylic acids is 1. The van der Waals surface area contributed by atoms with Crippen molar-refractivity contribution in [1.82, 2.24) is 5.32 Å².